The topological polar surface area (TPSA) is 92.4 Å². The van der Waals surface area contributed by atoms with Gasteiger partial charge in [0.05, 0.1) is 10.3 Å². The maximum absolute atomic E-state index is 11.5. The Balaban J connectivity index is 3.12. The highest BCUT2D eigenvalue weighted by Crippen LogP contribution is 2.52. The molecule has 5 nitrogen and oxygen atoms in total. The van der Waals surface area contributed by atoms with E-state index in [2.05, 4.69) is 5.32 Å². The van der Waals surface area contributed by atoms with Crippen LogP contribution in [0.4, 0.5) is 0 Å². The maximum Gasteiger partial charge on any atom is 0.322 e. The number of thioether (sulfide) groups is 1. The van der Waals surface area contributed by atoms with Gasteiger partial charge < -0.3 is 10.8 Å². The average Bonchev–Trinajstić information content (AvgIpc) is 2.37. The Kier molecular flexibility index (Phi) is 3.27. The minimum atomic E-state index is -0.911. The summed E-state index contributed by atoms with van der Waals surface area (Å²) in [6.07, 6.45) is 0. The highest BCUT2D eigenvalue weighted by atomic mass is 32.2. The van der Waals surface area contributed by atoms with E-state index in [0.29, 0.717) is 0 Å². The van der Waals surface area contributed by atoms with Crippen LogP contribution < -0.4 is 11.1 Å². The molecular weight excluding hydrogens is 240 g/mol. The van der Waals surface area contributed by atoms with Gasteiger partial charge in [0.1, 0.15) is 6.04 Å². The second-order valence-corrected chi connectivity index (χ2v) is 7.72. The molecule has 1 fully saturated rings. The van der Waals surface area contributed by atoms with Crippen molar-refractivity contribution in [1.29, 1.82) is 0 Å². The second-order valence-electron chi connectivity index (χ2n) is 5.64. The average molecular weight is 260 g/mol. The lowest BCUT2D eigenvalue weighted by molar-refractivity contribution is -0.141. The van der Waals surface area contributed by atoms with E-state index in [1.54, 1.807) is 13.8 Å². The molecule has 2 unspecified atom stereocenters. The summed E-state index contributed by atoms with van der Waals surface area (Å²) in [5.74, 6) is -1.35. The number of carbonyl (C=O) groups excluding carboxylic acids is 1. The molecule has 1 rings (SSSR count). The standard InChI is InChI=1S/C11H20N2O3S/c1-9(2,8(12)16)11(5)13-6(7(14)15)10(3,4)17-11/h6,13H,1-5H3,(H2,12,16)(H,14,15). The Morgan fingerprint density at radius 1 is 1.35 bits per heavy atom. The van der Waals surface area contributed by atoms with Gasteiger partial charge in [-0.1, -0.05) is 0 Å². The lowest BCUT2D eigenvalue weighted by Gasteiger charge is -2.39. The van der Waals surface area contributed by atoms with Gasteiger partial charge in [-0.25, -0.2) is 0 Å². The van der Waals surface area contributed by atoms with E-state index >= 15 is 0 Å². The van der Waals surface area contributed by atoms with E-state index in [-0.39, 0.29) is 0 Å². The third kappa shape index (κ3) is 2.15. The Morgan fingerprint density at radius 3 is 2.12 bits per heavy atom. The summed E-state index contributed by atoms with van der Waals surface area (Å²) < 4.78 is -0.493. The molecule has 0 aliphatic carbocycles. The molecule has 1 aliphatic rings. The van der Waals surface area contributed by atoms with Gasteiger partial charge >= 0.3 is 5.97 Å². The molecule has 0 spiro atoms. The van der Waals surface area contributed by atoms with Gasteiger partial charge in [0.15, 0.2) is 0 Å². The number of rotatable bonds is 3. The van der Waals surface area contributed by atoms with Crippen LogP contribution in [0, 0.1) is 5.41 Å². The molecule has 0 radical (unpaired) electrons. The van der Waals surface area contributed by atoms with Gasteiger partial charge in [-0.3, -0.25) is 14.9 Å². The van der Waals surface area contributed by atoms with Crippen LogP contribution in [0.15, 0.2) is 0 Å². The summed E-state index contributed by atoms with van der Waals surface area (Å²) in [6, 6.07) is -0.698. The van der Waals surface area contributed by atoms with Crippen LogP contribution in [0.5, 0.6) is 0 Å². The molecule has 0 aromatic heterocycles. The number of carbonyl (C=O) groups is 2. The quantitative estimate of drug-likeness (QED) is 0.697. The van der Waals surface area contributed by atoms with Crippen molar-refractivity contribution in [3.63, 3.8) is 0 Å². The molecule has 98 valence electrons. The first-order valence-electron chi connectivity index (χ1n) is 5.44. The van der Waals surface area contributed by atoms with Crippen molar-refractivity contribution in [2.45, 2.75) is 50.3 Å². The van der Waals surface area contributed by atoms with Crippen LogP contribution in [0.25, 0.3) is 0 Å². The molecule has 4 N–H and O–H groups in total. The number of hydrogen-bond donors (Lipinski definition) is 3. The second kappa shape index (κ2) is 3.88. The van der Waals surface area contributed by atoms with Crippen LogP contribution in [0.1, 0.15) is 34.6 Å². The van der Waals surface area contributed by atoms with Gasteiger partial charge in [-0.2, -0.15) is 0 Å². The number of carboxylic acid groups (broad SMARTS) is 1. The summed E-state index contributed by atoms with van der Waals surface area (Å²) in [4.78, 5) is 22.0. The van der Waals surface area contributed by atoms with E-state index < -0.39 is 33.0 Å². The summed E-state index contributed by atoms with van der Waals surface area (Å²) in [5.41, 5.74) is 4.57. The zero-order chi connectivity index (χ0) is 13.6. The molecule has 0 saturated carbocycles. The van der Waals surface area contributed by atoms with Gasteiger partial charge in [0.25, 0.3) is 0 Å². The highest BCUT2D eigenvalue weighted by molar-refractivity contribution is 8.02. The van der Waals surface area contributed by atoms with Crippen LogP contribution in [0.3, 0.4) is 0 Å². The minimum absolute atomic E-state index is 0.443. The fourth-order valence-electron chi connectivity index (χ4n) is 1.97. The van der Waals surface area contributed by atoms with E-state index in [9.17, 15) is 14.7 Å². The fraction of sp³-hybridized carbons (Fsp3) is 0.818. The van der Waals surface area contributed by atoms with E-state index in [1.165, 1.54) is 11.8 Å². The van der Waals surface area contributed by atoms with Crippen molar-refractivity contribution >= 4 is 23.6 Å². The number of nitrogens with two attached hydrogens (primary N) is 1. The zero-order valence-electron chi connectivity index (χ0n) is 10.8. The van der Waals surface area contributed by atoms with Crippen molar-refractivity contribution in [1.82, 2.24) is 5.32 Å². The van der Waals surface area contributed by atoms with Gasteiger partial charge in [0, 0.05) is 4.75 Å². The number of nitrogens with one attached hydrogen (secondary N) is 1. The first kappa shape index (κ1) is 14.3. The molecule has 1 amide bonds. The van der Waals surface area contributed by atoms with Crippen LogP contribution in [-0.2, 0) is 9.59 Å². The number of aliphatic carboxylic acids is 1. The summed E-state index contributed by atoms with van der Waals surface area (Å²) >= 11 is 1.45. The van der Waals surface area contributed by atoms with Crippen molar-refractivity contribution in [2.24, 2.45) is 11.1 Å². The predicted octanol–water partition coefficient (Wildman–Crippen LogP) is 0.782. The third-order valence-corrected chi connectivity index (χ3v) is 5.44. The molecule has 0 aromatic carbocycles. The Hall–Kier alpha value is -0.750. The maximum atomic E-state index is 11.5. The first-order valence-corrected chi connectivity index (χ1v) is 6.26. The lowest BCUT2D eigenvalue weighted by atomic mass is 9.83. The van der Waals surface area contributed by atoms with E-state index in [0.717, 1.165) is 0 Å². The molecule has 0 aromatic rings. The van der Waals surface area contributed by atoms with E-state index in [4.69, 9.17) is 5.73 Å². The van der Waals surface area contributed by atoms with Crippen molar-refractivity contribution in [3.05, 3.63) is 0 Å². The molecule has 17 heavy (non-hydrogen) atoms. The van der Waals surface area contributed by atoms with Crippen molar-refractivity contribution in [2.75, 3.05) is 0 Å². The van der Waals surface area contributed by atoms with Crippen LogP contribution in [-0.4, -0.2) is 32.6 Å². The summed E-state index contributed by atoms with van der Waals surface area (Å²) in [7, 11) is 0. The lowest BCUT2D eigenvalue weighted by Crippen LogP contribution is -2.57. The van der Waals surface area contributed by atoms with Gasteiger partial charge in [0.2, 0.25) is 5.91 Å². The fourth-order valence-corrected chi connectivity index (χ4v) is 3.83. The van der Waals surface area contributed by atoms with Crippen molar-refractivity contribution in [3.8, 4) is 0 Å². The minimum Gasteiger partial charge on any atom is -0.480 e. The Labute approximate surface area is 106 Å². The van der Waals surface area contributed by atoms with Crippen LogP contribution >= 0.6 is 11.8 Å². The monoisotopic (exact) mass is 260 g/mol. The largest absolute Gasteiger partial charge is 0.480 e. The molecule has 1 aliphatic heterocycles. The molecule has 6 heteroatoms. The Bertz CT molecular complexity index is 368. The van der Waals surface area contributed by atoms with Crippen molar-refractivity contribution < 1.29 is 14.7 Å². The van der Waals surface area contributed by atoms with Gasteiger partial charge in [-0.15, -0.1) is 11.8 Å². The molecule has 1 heterocycles. The smallest absolute Gasteiger partial charge is 0.322 e. The molecule has 0 bridgehead atoms. The normalized spacial score (nSPS) is 32.4. The van der Waals surface area contributed by atoms with Crippen LogP contribution in [0.2, 0.25) is 0 Å². The summed E-state index contributed by atoms with van der Waals surface area (Å²) in [6.45, 7) is 9.00. The first-order chi connectivity index (χ1) is 7.44. The van der Waals surface area contributed by atoms with Gasteiger partial charge in [-0.05, 0) is 34.6 Å². The third-order valence-electron chi connectivity index (χ3n) is 3.64. The molecule has 2 atom stereocenters. The molecule has 1 saturated heterocycles. The zero-order valence-corrected chi connectivity index (χ0v) is 11.6. The molecular formula is C11H20N2O3S. The number of carboxylic acids is 1. The number of amides is 1. The summed E-state index contributed by atoms with van der Waals surface area (Å²) in [5, 5.41) is 12.2. The highest BCUT2D eigenvalue weighted by Gasteiger charge is 2.58. The SMILES string of the molecule is CC1(C)SC(C)(C(C)(C)C(N)=O)NC1C(=O)O. The van der Waals surface area contributed by atoms with E-state index in [1.807, 2.05) is 20.8 Å². The number of primary amides is 1. The predicted molar refractivity (Wildman–Crippen MR) is 67.6 cm³/mol. The number of hydrogen-bond acceptors (Lipinski definition) is 4. The Morgan fingerprint density at radius 2 is 1.82 bits per heavy atom.